The second-order valence-corrected chi connectivity index (χ2v) is 6.19. The minimum absolute atomic E-state index is 0.231. The number of hydrogen-bond donors (Lipinski definition) is 0. The highest BCUT2D eigenvalue weighted by atomic mass is 19.1. The molecule has 6 heteroatoms. The lowest BCUT2D eigenvalue weighted by Crippen LogP contribution is -2.52. The highest BCUT2D eigenvalue weighted by Gasteiger charge is 2.26. The number of rotatable bonds is 2. The number of halogens is 1. The Kier molecular flexibility index (Phi) is 4.34. The third-order valence-electron chi connectivity index (χ3n) is 4.45. The molecule has 0 spiro atoms. The predicted molar refractivity (Wildman–Crippen MR) is 91.6 cm³/mol. The van der Waals surface area contributed by atoms with E-state index in [1.54, 1.807) is 6.07 Å². The van der Waals surface area contributed by atoms with Gasteiger partial charge in [0.2, 0.25) is 0 Å². The molecule has 2 aromatic rings. The second-order valence-electron chi connectivity index (χ2n) is 6.19. The van der Waals surface area contributed by atoms with Crippen LogP contribution in [0.15, 0.2) is 24.4 Å². The van der Waals surface area contributed by atoms with E-state index in [0.29, 0.717) is 5.56 Å². The maximum absolute atomic E-state index is 13.1. The fourth-order valence-corrected chi connectivity index (χ4v) is 3.19. The van der Waals surface area contributed by atoms with Gasteiger partial charge in [0.1, 0.15) is 23.5 Å². The van der Waals surface area contributed by atoms with Gasteiger partial charge in [0.25, 0.3) is 0 Å². The molecule has 1 aliphatic heterocycles. The zero-order chi connectivity index (χ0) is 17.3. The van der Waals surface area contributed by atoms with Crippen LogP contribution in [0, 0.1) is 31.0 Å². The van der Waals surface area contributed by atoms with E-state index in [1.165, 1.54) is 12.3 Å². The van der Waals surface area contributed by atoms with Crippen LogP contribution in [0.25, 0.3) is 0 Å². The van der Waals surface area contributed by atoms with Gasteiger partial charge in [-0.15, -0.1) is 0 Å². The van der Waals surface area contributed by atoms with E-state index in [4.69, 9.17) is 0 Å². The average molecular weight is 325 g/mol. The molecule has 1 unspecified atom stereocenters. The molecule has 1 aliphatic rings. The maximum atomic E-state index is 13.1. The van der Waals surface area contributed by atoms with E-state index in [0.717, 1.165) is 42.5 Å². The summed E-state index contributed by atoms with van der Waals surface area (Å²) in [5, 5.41) is 9.18. The van der Waals surface area contributed by atoms with Crippen molar-refractivity contribution in [1.82, 2.24) is 9.97 Å². The molecule has 1 atom stereocenters. The van der Waals surface area contributed by atoms with Crippen molar-refractivity contribution in [2.24, 2.45) is 0 Å². The lowest BCUT2D eigenvalue weighted by Gasteiger charge is -2.41. The molecular formula is C18H20FN5. The molecule has 24 heavy (non-hydrogen) atoms. The van der Waals surface area contributed by atoms with Gasteiger partial charge in [-0.25, -0.2) is 14.4 Å². The fourth-order valence-electron chi connectivity index (χ4n) is 3.19. The Morgan fingerprint density at radius 1 is 1.25 bits per heavy atom. The monoisotopic (exact) mass is 325 g/mol. The third-order valence-corrected chi connectivity index (χ3v) is 4.45. The molecule has 3 rings (SSSR count). The van der Waals surface area contributed by atoms with Gasteiger partial charge in [-0.1, -0.05) is 0 Å². The molecule has 0 aliphatic carbocycles. The number of anilines is 2. The number of aryl methyl sites for hydroxylation is 2. The minimum Gasteiger partial charge on any atom is -0.353 e. The average Bonchev–Trinajstić information content (AvgIpc) is 2.55. The summed E-state index contributed by atoms with van der Waals surface area (Å²) in [6.07, 6.45) is 1.25. The van der Waals surface area contributed by atoms with Crippen LogP contribution in [0.1, 0.15) is 23.7 Å². The molecule has 5 nitrogen and oxygen atoms in total. The van der Waals surface area contributed by atoms with Crippen molar-refractivity contribution in [2.45, 2.75) is 26.8 Å². The zero-order valence-electron chi connectivity index (χ0n) is 14.1. The Labute approximate surface area is 141 Å². The molecule has 124 valence electrons. The van der Waals surface area contributed by atoms with Gasteiger partial charge in [0.15, 0.2) is 0 Å². The van der Waals surface area contributed by atoms with Gasteiger partial charge in [-0.2, -0.15) is 5.26 Å². The first-order valence-corrected chi connectivity index (χ1v) is 8.01. The first kappa shape index (κ1) is 16.2. The summed E-state index contributed by atoms with van der Waals surface area (Å²) >= 11 is 0. The molecule has 1 saturated heterocycles. The van der Waals surface area contributed by atoms with Crippen molar-refractivity contribution in [1.29, 1.82) is 5.26 Å². The van der Waals surface area contributed by atoms with Gasteiger partial charge < -0.3 is 9.80 Å². The van der Waals surface area contributed by atoms with E-state index in [1.807, 2.05) is 19.9 Å². The third kappa shape index (κ3) is 3.02. The van der Waals surface area contributed by atoms with Crippen LogP contribution in [0.2, 0.25) is 0 Å². The first-order valence-electron chi connectivity index (χ1n) is 8.01. The predicted octanol–water partition coefficient (Wildman–Crippen LogP) is 2.82. The summed E-state index contributed by atoms with van der Waals surface area (Å²) in [6, 6.07) is 7.57. The van der Waals surface area contributed by atoms with Gasteiger partial charge in [-0.05, 0) is 44.5 Å². The van der Waals surface area contributed by atoms with Gasteiger partial charge in [0.05, 0.1) is 17.5 Å². The van der Waals surface area contributed by atoms with Crippen molar-refractivity contribution >= 4 is 11.6 Å². The number of hydrogen-bond acceptors (Lipinski definition) is 5. The molecular weight excluding hydrogens is 305 g/mol. The summed E-state index contributed by atoms with van der Waals surface area (Å²) < 4.78 is 13.1. The van der Waals surface area contributed by atoms with E-state index in [2.05, 4.69) is 32.8 Å². The summed E-state index contributed by atoms with van der Waals surface area (Å²) in [7, 11) is 0. The lowest BCUT2D eigenvalue weighted by molar-refractivity contribution is 0.540. The summed E-state index contributed by atoms with van der Waals surface area (Å²) in [4.78, 5) is 13.2. The van der Waals surface area contributed by atoms with Crippen molar-refractivity contribution in [3.8, 4) is 6.07 Å². The van der Waals surface area contributed by atoms with Crippen LogP contribution < -0.4 is 9.80 Å². The number of nitrogens with zero attached hydrogens (tertiary/aromatic N) is 5. The quantitative estimate of drug-likeness (QED) is 0.850. The van der Waals surface area contributed by atoms with Crippen molar-refractivity contribution < 1.29 is 4.39 Å². The Morgan fingerprint density at radius 3 is 2.62 bits per heavy atom. The summed E-state index contributed by atoms with van der Waals surface area (Å²) in [5.41, 5.74) is 2.37. The van der Waals surface area contributed by atoms with E-state index < -0.39 is 0 Å². The molecule has 0 amide bonds. The largest absolute Gasteiger partial charge is 0.353 e. The van der Waals surface area contributed by atoms with Crippen LogP contribution in [0.4, 0.5) is 16.0 Å². The normalized spacial score (nSPS) is 17.7. The maximum Gasteiger partial charge on any atom is 0.141 e. The van der Waals surface area contributed by atoms with Gasteiger partial charge in [0, 0.05) is 25.7 Å². The SMILES string of the molecule is Cc1cc(N2CCN(c3ccc(F)cn3)C(C)C2)nc(C)c1C#N. The topological polar surface area (TPSA) is 56.1 Å². The van der Waals surface area contributed by atoms with E-state index in [-0.39, 0.29) is 11.9 Å². The molecule has 1 fully saturated rings. The fraction of sp³-hybridized carbons (Fsp3) is 0.389. The lowest BCUT2D eigenvalue weighted by atomic mass is 10.1. The molecule has 0 N–H and O–H groups in total. The Hall–Kier alpha value is -2.68. The Bertz CT molecular complexity index is 758. The summed E-state index contributed by atoms with van der Waals surface area (Å²) in [6.45, 7) is 8.34. The van der Waals surface area contributed by atoms with Crippen molar-refractivity contribution in [3.63, 3.8) is 0 Å². The zero-order valence-corrected chi connectivity index (χ0v) is 14.1. The van der Waals surface area contributed by atoms with E-state index in [9.17, 15) is 9.65 Å². The first-order chi connectivity index (χ1) is 11.5. The highest BCUT2D eigenvalue weighted by molar-refractivity contribution is 5.52. The van der Waals surface area contributed by atoms with E-state index >= 15 is 0 Å². The van der Waals surface area contributed by atoms with Crippen LogP contribution in [0.3, 0.4) is 0 Å². The van der Waals surface area contributed by atoms with Crippen molar-refractivity contribution in [2.75, 3.05) is 29.4 Å². The van der Waals surface area contributed by atoms with Gasteiger partial charge in [-0.3, -0.25) is 0 Å². The molecule has 0 bridgehead atoms. The number of pyridine rings is 2. The Morgan fingerprint density at radius 2 is 2.04 bits per heavy atom. The molecule has 0 aromatic carbocycles. The number of nitriles is 1. The van der Waals surface area contributed by atoms with Crippen LogP contribution in [0.5, 0.6) is 0 Å². The van der Waals surface area contributed by atoms with Crippen LogP contribution in [-0.4, -0.2) is 35.6 Å². The molecule has 3 heterocycles. The smallest absolute Gasteiger partial charge is 0.141 e. The van der Waals surface area contributed by atoms with Crippen LogP contribution >= 0.6 is 0 Å². The minimum atomic E-state index is -0.322. The molecule has 2 aromatic heterocycles. The standard InChI is InChI=1S/C18H20FN5/c1-12-8-18(22-14(3)16(12)9-20)23-6-7-24(13(2)11-23)17-5-4-15(19)10-21-17/h4-5,8,10,13H,6-7,11H2,1-3H3. The molecule has 0 saturated carbocycles. The van der Waals surface area contributed by atoms with Crippen molar-refractivity contribution in [3.05, 3.63) is 47.0 Å². The van der Waals surface area contributed by atoms with Gasteiger partial charge >= 0.3 is 0 Å². The second kappa shape index (κ2) is 6.44. The Balaban J connectivity index is 1.78. The molecule has 0 radical (unpaired) electrons. The summed E-state index contributed by atoms with van der Waals surface area (Å²) in [5.74, 6) is 1.38. The van der Waals surface area contributed by atoms with Crippen LogP contribution in [-0.2, 0) is 0 Å². The number of aromatic nitrogens is 2. The highest BCUT2D eigenvalue weighted by Crippen LogP contribution is 2.24. The number of piperazine rings is 1.